The number of hydrogen-bond acceptors (Lipinski definition) is 6. The van der Waals surface area contributed by atoms with Crippen molar-refractivity contribution in [3.63, 3.8) is 0 Å². The summed E-state index contributed by atoms with van der Waals surface area (Å²) in [5, 5.41) is -0.725. The van der Waals surface area contributed by atoms with Crippen LogP contribution in [0.2, 0.25) is 0 Å². The zero-order valence-electron chi connectivity index (χ0n) is 15.6. The molecule has 1 aromatic heterocycles. The highest BCUT2D eigenvalue weighted by molar-refractivity contribution is 7.92. The third kappa shape index (κ3) is 4.40. The molecule has 7 nitrogen and oxygen atoms in total. The summed E-state index contributed by atoms with van der Waals surface area (Å²) < 4.78 is 26.0. The molecule has 1 aliphatic heterocycles. The number of nitrogens with two attached hydrogens (primary N) is 1. The Kier molecular flexibility index (Phi) is 5.98. The molecule has 0 bridgehead atoms. The van der Waals surface area contributed by atoms with E-state index in [9.17, 15) is 8.42 Å². The fraction of sp³-hybridized carbons (Fsp3) is 0.421. The zero-order chi connectivity index (χ0) is 19.4. The van der Waals surface area contributed by atoms with Crippen molar-refractivity contribution in [3.8, 4) is 0 Å². The van der Waals surface area contributed by atoms with Crippen LogP contribution in [0.5, 0.6) is 0 Å². The second-order valence-electron chi connectivity index (χ2n) is 6.96. The van der Waals surface area contributed by atoms with Gasteiger partial charge in [-0.15, -0.1) is 6.58 Å². The Morgan fingerprint density at radius 3 is 2.59 bits per heavy atom. The monoisotopic (exact) mass is 389 g/mol. The van der Waals surface area contributed by atoms with Crippen molar-refractivity contribution in [2.24, 2.45) is 0 Å². The summed E-state index contributed by atoms with van der Waals surface area (Å²) in [6.07, 6.45) is 6.90. The van der Waals surface area contributed by atoms with Crippen LogP contribution in [0.25, 0.3) is 0 Å². The van der Waals surface area contributed by atoms with Crippen LogP contribution in [0, 0.1) is 0 Å². The maximum Gasteiger partial charge on any atom is 0.198 e. The van der Waals surface area contributed by atoms with E-state index in [2.05, 4.69) is 28.5 Å². The Morgan fingerprint density at radius 2 is 2.04 bits per heavy atom. The molecule has 0 saturated carbocycles. The van der Waals surface area contributed by atoms with Crippen LogP contribution in [0.15, 0.2) is 54.2 Å². The highest BCUT2D eigenvalue weighted by Gasteiger charge is 2.33. The minimum absolute atomic E-state index is 0.277. The number of anilines is 1. The lowest BCUT2D eigenvalue weighted by Gasteiger charge is -2.39. The van der Waals surface area contributed by atoms with Gasteiger partial charge in [-0.25, -0.2) is 13.4 Å². The van der Waals surface area contributed by atoms with Crippen LogP contribution in [-0.4, -0.2) is 59.7 Å². The van der Waals surface area contributed by atoms with E-state index < -0.39 is 15.2 Å². The molecule has 3 rings (SSSR count). The van der Waals surface area contributed by atoms with Crippen molar-refractivity contribution >= 4 is 15.5 Å². The van der Waals surface area contributed by atoms with Gasteiger partial charge in [0.2, 0.25) is 0 Å². The van der Waals surface area contributed by atoms with Gasteiger partial charge >= 0.3 is 0 Å². The number of imidazole rings is 1. The van der Waals surface area contributed by atoms with Crippen molar-refractivity contribution in [3.05, 3.63) is 55.1 Å². The number of aromatic nitrogens is 2. The molecule has 2 aromatic rings. The van der Waals surface area contributed by atoms with Crippen molar-refractivity contribution in [1.82, 2.24) is 19.8 Å². The molecule has 0 amide bonds. The minimum atomic E-state index is -3.52. The first kappa shape index (κ1) is 19.6. The van der Waals surface area contributed by atoms with E-state index in [0.717, 1.165) is 25.2 Å². The second kappa shape index (κ2) is 8.24. The molecule has 27 heavy (non-hydrogen) atoms. The summed E-state index contributed by atoms with van der Waals surface area (Å²) in [6.45, 7) is 5.95. The van der Waals surface area contributed by atoms with E-state index in [1.165, 1.54) is 6.08 Å². The molecule has 1 unspecified atom stereocenters. The average molecular weight is 390 g/mol. The Hall–Kier alpha value is -2.16. The van der Waals surface area contributed by atoms with Crippen molar-refractivity contribution in [2.45, 2.75) is 35.7 Å². The highest BCUT2D eigenvalue weighted by Crippen LogP contribution is 2.25. The number of nitrogens with zero attached hydrogens (tertiary/aromatic N) is 3. The molecule has 1 aromatic carbocycles. The summed E-state index contributed by atoms with van der Waals surface area (Å²) >= 11 is 0. The summed E-state index contributed by atoms with van der Waals surface area (Å²) in [7, 11) is -1.44. The Bertz CT molecular complexity index is 841. The van der Waals surface area contributed by atoms with E-state index >= 15 is 0 Å². The van der Waals surface area contributed by atoms with Crippen molar-refractivity contribution < 1.29 is 8.42 Å². The average Bonchev–Trinajstić information content (AvgIpc) is 3.16. The van der Waals surface area contributed by atoms with Gasteiger partial charge in [0.05, 0.1) is 11.4 Å². The molecule has 1 aliphatic rings. The number of sulfone groups is 1. The second-order valence-corrected chi connectivity index (χ2v) is 9.00. The van der Waals surface area contributed by atoms with Crippen LogP contribution in [0.4, 0.5) is 5.69 Å². The molecule has 0 aliphatic carbocycles. The van der Waals surface area contributed by atoms with E-state index in [4.69, 9.17) is 5.73 Å². The van der Waals surface area contributed by atoms with E-state index in [1.54, 1.807) is 30.5 Å². The third-order valence-electron chi connectivity index (χ3n) is 5.16. The van der Waals surface area contributed by atoms with E-state index in [1.807, 2.05) is 11.1 Å². The molecule has 1 fully saturated rings. The third-order valence-corrected chi connectivity index (χ3v) is 7.22. The first-order valence-corrected chi connectivity index (χ1v) is 10.6. The summed E-state index contributed by atoms with van der Waals surface area (Å²) in [6, 6.07) is 6.75. The van der Waals surface area contributed by atoms with Crippen LogP contribution < -0.4 is 5.73 Å². The first-order valence-electron chi connectivity index (χ1n) is 9.06. The number of benzene rings is 1. The number of hydrogen-bond donors (Lipinski definition) is 2. The smallest absolute Gasteiger partial charge is 0.198 e. The fourth-order valence-corrected chi connectivity index (χ4v) is 5.25. The molecule has 0 radical (unpaired) electrons. The predicted molar refractivity (Wildman–Crippen MR) is 107 cm³/mol. The Labute approximate surface area is 160 Å². The van der Waals surface area contributed by atoms with Gasteiger partial charge in [0, 0.05) is 37.2 Å². The van der Waals surface area contributed by atoms with E-state index in [-0.39, 0.29) is 4.90 Å². The quantitative estimate of drug-likeness (QED) is 0.554. The lowest BCUT2D eigenvalue weighted by molar-refractivity contribution is 0.121. The fourth-order valence-electron chi connectivity index (χ4n) is 3.60. The predicted octanol–water partition coefficient (Wildman–Crippen LogP) is 1.87. The van der Waals surface area contributed by atoms with Gasteiger partial charge in [-0.3, -0.25) is 9.80 Å². The van der Waals surface area contributed by atoms with Crippen LogP contribution in [-0.2, 0) is 16.4 Å². The van der Waals surface area contributed by atoms with Gasteiger partial charge < -0.3 is 10.7 Å². The highest BCUT2D eigenvalue weighted by atomic mass is 32.2. The lowest BCUT2D eigenvalue weighted by Crippen LogP contribution is -2.48. The number of nitrogens with one attached hydrogen (secondary N) is 1. The van der Waals surface area contributed by atoms with Crippen LogP contribution >= 0.6 is 0 Å². The number of piperidine rings is 1. The standard InChI is InChI=1S/C19H27N5O2S/c1-3-19(27(25,26)17-6-4-15(20)5-7-17)24-12-8-16(9-13-24)23(2)14-18-21-10-11-22-18/h3-7,10-11,16,19H,1,8-9,12-14,20H2,2H3,(H,21,22). The maximum absolute atomic E-state index is 13.0. The van der Waals surface area contributed by atoms with Gasteiger partial charge in [-0.2, -0.15) is 0 Å². The number of likely N-dealkylation sites (tertiary alicyclic amines) is 1. The molecule has 1 saturated heterocycles. The van der Waals surface area contributed by atoms with Gasteiger partial charge in [0.15, 0.2) is 9.84 Å². The molecule has 2 heterocycles. The maximum atomic E-state index is 13.0. The summed E-state index contributed by atoms with van der Waals surface area (Å²) in [5.41, 5.74) is 6.22. The molecule has 0 spiro atoms. The number of rotatable bonds is 7. The SMILES string of the molecule is C=CC(N1CCC(N(C)Cc2ncc[nH]2)CC1)S(=O)(=O)c1ccc(N)cc1. The van der Waals surface area contributed by atoms with Gasteiger partial charge in [-0.05, 0) is 44.2 Å². The molecule has 146 valence electrons. The van der Waals surface area contributed by atoms with Gasteiger partial charge in [-0.1, -0.05) is 6.08 Å². The minimum Gasteiger partial charge on any atom is -0.399 e. The van der Waals surface area contributed by atoms with Crippen molar-refractivity contribution in [1.29, 1.82) is 0 Å². The Morgan fingerprint density at radius 1 is 1.37 bits per heavy atom. The zero-order valence-corrected chi connectivity index (χ0v) is 16.4. The normalized spacial score (nSPS) is 17.9. The number of nitrogen functional groups attached to an aromatic ring is 1. The molecule has 8 heteroatoms. The molecular formula is C19H27N5O2S. The van der Waals surface area contributed by atoms with E-state index in [0.29, 0.717) is 24.8 Å². The van der Waals surface area contributed by atoms with Crippen LogP contribution in [0.3, 0.4) is 0 Å². The summed E-state index contributed by atoms with van der Waals surface area (Å²) in [4.78, 5) is 11.9. The topological polar surface area (TPSA) is 95.3 Å². The van der Waals surface area contributed by atoms with Crippen LogP contribution in [0.1, 0.15) is 18.7 Å². The van der Waals surface area contributed by atoms with Gasteiger partial charge in [0.25, 0.3) is 0 Å². The number of aromatic amines is 1. The largest absolute Gasteiger partial charge is 0.399 e. The first-order chi connectivity index (χ1) is 12.9. The summed E-state index contributed by atoms with van der Waals surface area (Å²) in [5.74, 6) is 0.940. The Balaban J connectivity index is 1.64. The molecule has 1 atom stereocenters. The number of H-pyrrole nitrogens is 1. The molecule has 3 N–H and O–H groups in total. The van der Waals surface area contributed by atoms with Gasteiger partial charge in [0.1, 0.15) is 11.2 Å². The lowest BCUT2D eigenvalue weighted by atomic mass is 10.0. The van der Waals surface area contributed by atoms with Crippen molar-refractivity contribution in [2.75, 3.05) is 25.9 Å². The molecular weight excluding hydrogens is 362 g/mol.